The molecule has 9 heteroatoms. The molecule has 0 aromatic carbocycles. The fraction of sp³-hybridized carbons (Fsp3) is 0.895. The van der Waals surface area contributed by atoms with Crippen molar-refractivity contribution in [2.75, 3.05) is 66.0 Å². The van der Waals surface area contributed by atoms with Gasteiger partial charge in [0.2, 0.25) is 0 Å². The molecule has 0 spiro atoms. The number of aliphatic imine (C=N–C) groups is 1. The van der Waals surface area contributed by atoms with Gasteiger partial charge in [-0.1, -0.05) is 0 Å². The van der Waals surface area contributed by atoms with Gasteiger partial charge in [-0.15, -0.1) is 24.0 Å². The van der Waals surface area contributed by atoms with E-state index in [1.165, 1.54) is 19.5 Å². The minimum absolute atomic E-state index is 0. The number of amides is 1. The molecule has 0 atom stereocenters. The quantitative estimate of drug-likeness (QED) is 0.199. The molecular weight excluding hydrogens is 471 g/mol. The summed E-state index contributed by atoms with van der Waals surface area (Å²) in [6.07, 6.45) is 1.90. The van der Waals surface area contributed by atoms with Gasteiger partial charge in [-0.3, -0.25) is 4.99 Å². The number of carbonyl (C=O) groups is 1. The molecule has 1 heterocycles. The van der Waals surface area contributed by atoms with Crippen LogP contribution >= 0.6 is 24.0 Å². The van der Waals surface area contributed by atoms with Crippen LogP contribution in [0.1, 0.15) is 40.5 Å². The summed E-state index contributed by atoms with van der Waals surface area (Å²) in [5.41, 5.74) is -0.476. The zero-order valence-corrected chi connectivity index (χ0v) is 20.7. The number of nitrogens with zero attached hydrogens (tertiary/aromatic N) is 3. The van der Waals surface area contributed by atoms with Gasteiger partial charge < -0.3 is 30.5 Å². The van der Waals surface area contributed by atoms with E-state index < -0.39 is 11.7 Å². The Morgan fingerprint density at radius 3 is 2.46 bits per heavy atom. The maximum atomic E-state index is 11.6. The van der Waals surface area contributed by atoms with Crippen LogP contribution in [-0.4, -0.2) is 93.4 Å². The van der Waals surface area contributed by atoms with Crippen molar-refractivity contribution >= 4 is 36.0 Å². The second-order valence-electron chi connectivity index (χ2n) is 7.97. The molecule has 0 radical (unpaired) electrons. The highest BCUT2D eigenvalue weighted by molar-refractivity contribution is 14.0. The third kappa shape index (κ3) is 14.2. The number of ether oxygens (including phenoxy) is 1. The van der Waals surface area contributed by atoms with E-state index in [2.05, 4.69) is 37.8 Å². The zero-order chi connectivity index (χ0) is 20.1. The van der Waals surface area contributed by atoms with E-state index in [1.807, 2.05) is 27.7 Å². The molecule has 0 aromatic rings. The number of alkyl carbamates (subject to hydrolysis) is 1. The Kier molecular flexibility index (Phi) is 14.6. The molecule has 1 rings (SSSR count). The summed E-state index contributed by atoms with van der Waals surface area (Å²) in [6, 6.07) is 0. The Hall–Kier alpha value is -0.810. The van der Waals surface area contributed by atoms with Gasteiger partial charge in [0.15, 0.2) is 5.96 Å². The molecule has 1 amide bonds. The van der Waals surface area contributed by atoms with E-state index in [4.69, 9.17) is 4.74 Å². The molecular formula is C19H41IN6O2. The molecule has 0 aromatic heterocycles. The first-order valence-electron chi connectivity index (χ1n) is 10.2. The molecule has 28 heavy (non-hydrogen) atoms. The van der Waals surface area contributed by atoms with Gasteiger partial charge >= 0.3 is 6.09 Å². The highest BCUT2D eigenvalue weighted by Crippen LogP contribution is 2.06. The molecule has 1 saturated heterocycles. The number of carbonyl (C=O) groups excluding carboxylic acids is 1. The monoisotopic (exact) mass is 512 g/mol. The Morgan fingerprint density at radius 1 is 1.07 bits per heavy atom. The molecule has 166 valence electrons. The van der Waals surface area contributed by atoms with Crippen molar-refractivity contribution in [1.29, 1.82) is 0 Å². The topological polar surface area (TPSA) is 81.2 Å². The van der Waals surface area contributed by atoms with Crippen molar-refractivity contribution in [3.63, 3.8) is 0 Å². The lowest BCUT2D eigenvalue weighted by Crippen LogP contribution is -2.42. The number of nitrogens with one attached hydrogen (secondary N) is 3. The minimum Gasteiger partial charge on any atom is -0.444 e. The number of guanidine groups is 1. The molecule has 1 aliphatic rings. The van der Waals surface area contributed by atoms with Crippen molar-refractivity contribution in [2.45, 2.75) is 46.1 Å². The van der Waals surface area contributed by atoms with Crippen molar-refractivity contribution in [3.8, 4) is 0 Å². The highest BCUT2D eigenvalue weighted by Gasteiger charge is 2.15. The highest BCUT2D eigenvalue weighted by atomic mass is 127. The van der Waals surface area contributed by atoms with Crippen molar-refractivity contribution < 1.29 is 9.53 Å². The van der Waals surface area contributed by atoms with E-state index in [0.717, 1.165) is 45.1 Å². The number of likely N-dealkylation sites (N-methyl/N-ethyl adjacent to an activating group) is 1. The Labute approximate surface area is 188 Å². The largest absolute Gasteiger partial charge is 0.444 e. The molecule has 8 nitrogen and oxygen atoms in total. The SMILES string of the molecule is CCNC(=NCCCN1CCCN(C)CC1)NCCNC(=O)OC(C)(C)C.I. The van der Waals surface area contributed by atoms with Crippen LogP contribution in [0.25, 0.3) is 0 Å². The standard InChI is InChI=1S/C19H40N6O2.HI/c1-6-20-17(22-10-11-23-18(26)27-19(2,3)4)21-9-7-13-25-14-8-12-24(5)15-16-25;/h6-16H2,1-5H3,(H,23,26)(H2,20,21,22);1H. The summed E-state index contributed by atoms with van der Waals surface area (Å²) in [5, 5.41) is 9.22. The maximum Gasteiger partial charge on any atom is 0.407 e. The van der Waals surface area contributed by atoms with Gasteiger partial charge in [-0.05, 0) is 67.2 Å². The number of hydrogen-bond acceptors (Lipinski definition) is 5. The van der Waals surface area contributed by atoms with Crippen LogP contribution in [0.15, 0.2) is 4.99 Å². The molecule has 1 fully saturated rings. The van der Waals surface area contributed by atoms with E-state index in [0.29, 0.717) is 13.1 Å². The summed E-state index contributed by atoms with van der Waals surface area (Å²) >= 11 is 0. The van der Waals surface area contributed by atoms with Gasteiger partial charge in [0.25, 0.3) is 0 Å². The van der Waals surface area contributed by atoms with Crippen LogP contribution in [0, 0.1) is 0 Å². The summed E-state index contributed by atoms with van der Waals surface area (Å²) in [7, 11) is 2.19. The fourth-order valence-corrected chi connectivity index (χ4v) is 2.81. The van der Waals surface area contributed by atoms with E-state index in [9.17, 15) is 4.79 Å². The molecule has 0 saturated carbocycles. The first-order valence-corrected chi connectivity index (χ1v) is 10.2. The van der Waals surface area contributed by atoms with Crippen molar-refractivity contribution in [2.24, 2.45) is 4.99 Å². The average Bonchev–Trinajstić information content (AvgIpc) is 2.78. The molecule has 0 bridgehead atoms. The number of halogens is 1. The summed E-state index contributed by atoms with van der Waals surface area (Å²) in [5.74, 6) is 0.791. The predicted molar refractivity (Wildman–Crippen MR) is 127 cm³/mol. The van der Waals surface area contributed by atoms with Crippen LogP contribution < -0.4 is 16.0 Å². The zero-order valence-electron chi connectivity index (χ0n) is 18.3. The molecule has 0 aliphatic carbocycles. The third-order valence-corrected chi connectivity index (χ3v) is 4.14. The summed E-state index contributed by atoms with van der Waals surface area (Å²) in [6.45, 7) is 16.1. The number of hydrogen-bond donors (Lipinski definition) is 3. The minimum atomic E-state index is -0.476. The first kappa shape index (κ1) is 27.2. The Bertz CT molecular complexity index is 456. The predicted octanol–water partition coefficient (Wildman–Crippen LogP) is 1.71. The van der Waals surface area contributed by atoms with E-state index in [1.54, 1.807) is 0 Å². The molecule has 0 unspecified atom stereocenters. The lowest BCUT2D eigenvalue weighted by atomic mass is 10.2. The summed E-state index contributed by atoms with van der Waals surface area (Å²) in [4.78, 5) is 21.2. The van der Waals surface area contributed by atoms with Crippen LogP contribution in [-0.2, 0) is 4.74 Å². The van der Waals surface area contributed by atoms with E-state index >= 15 is 0 Å². The Morgan fingerprint density at radius 2 is 1.79 bits per heavy atom. The van der Waals surface area contributed by atoms with E-state index in [-0.39, 0.29) is 24.0 Å². The van der Waals surface area contributed by atoms with Gasteiger partial charge in [0.1, 0.15) is 5.60 Å². The molecule has 1 aliphatic heterocycles. The van der Waals surface area contributed by atoms with Crippen LogP contribution in [0.5, 0.6) is 0 Å². The van der Waals surface area contributed by atoms with Crippen molar-refractivity contribution in [1.82, 2.24) is 25.8 Å². The second kappa shape index (κ2) is 15.1. The number of rotatable bonds is 8. The van der Waals surface area contributed by atoms with Crippen molar-refractivity contribution in [3.05, 3.63) is 0 Å². The lowest BCUT2D eigenvalue weighted by molar-refractivity contribution is 0.0529. The Balaban J connectivity index is 0.00000729. The van der Waals surface area contributed by atoms with Crippen LogP contribution in [0.4, 0.5) is 4.79 Å². The van der Waals surface area contributed by atoms with Crippen LogP contribution in [0.2, 0.25) is 0 Å². The second-order valence-corrected chi connectivity index (χ2v) is 7.97. The van der Waals surface area contributed by atoms with Gasteiger partial charge in [-0.2, -0.15) is 0 Å². The normalized spacial score (nSPS) is 16.7. The fourth-order valence-electron chi connectivity index (χ4n) is 2.81. The van der Waals surface area contributed by atoms with Crippen LogP contribution in [0.3, 0.4) is 0 Å². The molecule has 3 N–H and O–H groups in total. The van der Waals surface area contributed by atoms with Gasteiger partial charge in [0, 0.05) is 39.3 Å². The van der Waals surface area contributed by atoms with Gasteiger partial charge in [0.05, 0.1) is 0 Å². The smallest absolute Gasteiger partial charge is 0.407 e. The summed E-state index contributed by atoms with van der Waals surface area (Å²) < 4.78 is 5.21. The lowest BCUT2D eigenvalue weighted by Gasteiger charge is -2.20. The average molecular weight is 512 g/mol. The van der Waals surface area contributed by atoms with Gasteiger partial charge in [-0.25, -0.2) is 4.79 Å². The maximum absolute atomic E-state index is 11.6. The first-order chi connectivity index (χ1) is 12.8. The third-order valence-electron chi connectivity index (χ3n) is 4.14.